The molecule has 0 bridgehead atoms. The van der Waals surface area contributed by atoms with Crippen LogP contribution in [0.1, 0.15) is 18.9 Å². The third-order valence-electron chi connectivity index (χ3n) is 8.53. The third-order valence-corrected chi connectivity index (χ3v) is 8.53. The Labute approximate surface area is 234 Å². The van der Waals surface area contributed by atoms with Gasteiger partial charge in [-0.1, -0.05) is 122 Å². The van der Waals surface area contributed by atoms with Crippen molar-refractivity contribution in [1.29, 1.82) is 0 Å². The van der Waals surface area contributed by atoms with Crippen molar-refractivity contribution in [2.45, 2.75) is 13.3 Å². The van der Waals surface area contributed by atoms with Gasteiger partial charge in [-0.3, -0.25) is 0 Å². The number of fused-ring (bicyclic) bond motifs is 5. The van der Waals surface area contributed by atoms with Gasteiger partial charge in [0.25, 0.3) is 0 Å². The second-order valence-electron chi connectivity index (χ2n) is 11.0. The summed E-state index contributed by atoms with van der Waals surface area (Å²) < 4.78 is 2.39. The average molecular weight is 512 g/mol. The van der Waals surface area contributed by atoms with E-state index in [0.717, 1.165) is 6.42 Å². The molecule has 1 heteroatoms. The molecule has 0 saturated heterocycles. The molecule has 1 aliphatic carbocycles. The van der Waals surface area contributed by atoms with Crippen LogP contribution in [-0.2, 0) is 0 Å². The molecule has 190 valence electrons. The lowest BCUT2D eigenvalue weighted by Gasteiger charge is -2.20. The highest BCUT2D eigenvalue weighted by molar-refractivity contribution is 6.19. The maximum absolute atomic E-state index is 2.42. The van der Waals surface area contributed by atoms with Gasteiger partial charge in [-0.15, -0.1) is 0 Å². The smallest absolute Gasteiger partial charge is 0.0541 e. The zero-order valence-electron chi connectivity index (χ0n) is 22.5. The standard InChI is InChI=1S/C39H29N/c1-26-18-20-27(21-19-26)38-32-12-2-4-14-34(32)39(35-15-5-3-13-33(35)38)28-22-24-29(25-23-28)40-36-16-8-6-10-30(36)31-11-7-9-17-37(31)40/h2-18,20-26H,19H2,1H3. The van der Waals surface area contributed by atoms with Crippen molar-refractivity contribution < 1.29 is 0 Å². The Kier molecular flexibility index (Phi) is 5.24. The number of benzene rings is 6. The van der Waals surface area contributed by atoms with Gasteiger partial charge >= 0.3 is 0 Å². The van der Waals surface area contributed by atoms with E-state index in [1.54, 1.807) is 0 Å². The topological polar surface area (TPSA) is 4.93 Å². The Morgan fingerprint density at radius 2 is 1.00 bits per heavy atom. The highest BCUT2D eigenvalue weighted by atomic mass is 15.0. The Bertz CT molecular complexity index is 2030. The first kappa shape index (κ1) is 23.0. The van der Waals surface area contributed by atoms with E-state index in [4.69, 9.17) is 0 Å². The SMILES string of the molecule is CC1C=CC(c2c3ccccc3c(-c3ccc(-n4c5ccccc5c5ccccc54)cc3)c3ccccc23)=CC1. The van der Waals surface area contributed by atoms with Crippen molar-refractivity contribution >= 4 is 48.9 Å². The van der Waals surface area contributed by atoms with Gasteiger partial charge in [0.15, 0.2) is 0 Å². The Morgan fingerprint density at radius 1 is 0.525 bits per heavy atom. The van der Waals surface area contributed by atoms with Gasteiger partial charge < -0.3 is 4.57 Å². The molecule has 1 aromatic heterocycles. The van der Waals surface area contributed by atoms with Crippen LogP contribution in [0.2, 0.25) is 0 Å². The van der Waals surface area contributed by atoms with Crippen LogP contribution in [0.5, 0.6) is 0 Å². The van der Waals surface area contributed by atoms with Crippen molar-refractivity contribution in [2.24, 2.45) is 5.92 Å². The number of nitrogens with zero attached hydrogens (tertiary/aromatic N) is 1. The Hall–Kier alpha value is -4.88. The summed E-state index contributed by atoms with van der Waals surface area (Å²) in [5.74, 6) is 0.591. The lowest BCUT2D eigenvalue weighted by molar-refractivity contribution is 0.739. The van der Waals surface area contributed by atoms with Crippen LogP contribution in [-0.4, -0.2) is 4.57 Å². The molecule has 1 nitrogen and oxygen atoms in total. The minimum absolute atomic E-state index is 0.591. The maximum Gasteiger partial charge on any atom is 0.0541 e. The molecule has 1 aliphatic rings. The molecular formula is C39H29N. The van der Waals surface area contributed by atoms with Gasteiger partial charge in [0.1, 0.15) is 0 Å². The number of allylic oxidation sites excluding steroid dienone is 4. The summed E-state index contributed by atoms with van der Waals surface area (Å²) in [4.78, 5) is 0. The minimum Gasteiger partial charge on any atom is -0.309 e. The quantitative estimate of drug-likeness (QED) is 0.208. The summed E-state index contributed by atoms with van der Waals surface area (Å²) in [6, 6.07) is 44.4. The zero-order valence-corrected chi connectivity index (χ0v) is 22.5. The number of aromatic nitrogens is 1. The molecule has 8 rings (SSSR count). The molecule has 1 unspecified atom stereocenters. The van der Waals surface area contributed by atoms with Crippen LogP contribution in [0, 0.1) is 5.92 Å². The highest BCUT2D eigenvalue weighted by Gasteiger charge is 2.18. The third kappa shape index (κ3) is 3.48. The number of para-hydroxylation sites is 2. The lowest BCUT2D eigenvalue weighted by atomic mass is 9.84. The molecule has 7 aromatic rings. The van der Waals surface area contributed by atoms with E-state index in [1.165, 1.54) is 71.3 Å². The second kappa shape index (κ2) is 9.10. The fourth-order valence-corrected chi connectivity index (χ4v) is 6.64. The summed E-state index contributed by atoms with van der Waals surface area (Å²) in [5, 5.41) is 7.80. The fraction of sp³-hybridized carbons (Fsp3) is 0.0769. The van der Waals surface area contributed by atoms with Gasteiger partial charge in [0.05, 0.1) is 11.0 Å². The molecule has 1 atom stereocenters. The van der Waals surface area contributed by atoms with Crippen molar-refractivity contribution in [3.8, 4) is 16.8 Å². The molecule has 1 heterocycles. The van der Waals surface area contributed by atoms with E-state index in [0.29, 0.717) is 5.92 Å². The Balaban J connectivity index is 1.35. The monoisotopic (exact) mass is 511 g/mol. The summed E-state index contributed by atoms with van der Waals surface area (Å²) in [7, 11) is 0. The van der Waals surface area contributed by atoms with E-state index >= 15 is 0 Å². The van der Waals surface area contributed by atoms with E-state index in [9.17, 15) is 0 Å². The van der Waals surface area contributed by atoms with Crippen LogP contribution in [0.3, 0.4) is 0 Å². The van der Waals surface area contributed by atoms with Gasteiger partial charge in [0.2, 0.25) is 0 Å². The van der Waals surface area contributed by atoms with Gasteiger partial charge in [-0.05, 0) is 80.4 Å². The predicted octanol–water partition coefficient (Wildman–Crippen LogP) is 10.7. The first-order valence-electron chi connectivity index (χ1n) is 14.2. The summed E-state index contributed by atoms with van der Waals surface area (Å²) in [5.41, 5.74) is 8.87. The number of hydrogen-bond acceptors (Lipinski definition) is 0. The largest absolute Gasteiger partial charge is 0.309 e. The molecule has 0 spiro atoms. The summed E-state index contributed by atoms with van der Waals surface area (Å²) >= 11 is 0. The minimum atomic E-state index is 0.591. The second-order valence-corrected chi connectivity index (χ2v) is 11.0. The van der Waals surface area contributed by atoms with Crippen LogP contribution in [0.15, 0.2) is 140 Å². The molecule has 0 radical (unpaired) electrons. The van der Waals surface area contributed by atoms with Crippen LogP contribution >= 0.6 is 0 Å². The molecule has 0 N–H and O–H groups in total. The molecule has 0 amide bonds. The molecular weight excluding hydrogens is 482 g/mol. The van der Waals surface area contributed by atoms with Crippen LogP contribution < -0.4 is 0 Å². The first-order chi connectivity index (χ1) is 19.8. The van der Waals surface area contributed by atoms with Gasteiger partial charge in [-0.25, -0.2) is 0 Å². The van der Waals surface area contributed by atoms with Gasteiger partial charge in [-0.2, -0.15) is 0 Å². The van der Waals surface area contributed by atoms with Crippen molar-refractivity contribution in [3.05, 3.63) is 145 Å². The van der Waals surface area contributed by atoms with E-state index in [2.05, 4.69) is 151 Å². The summed E-state index contributed by atoms with van der Waals surface area (Å²) in [6.07, 6.45) is 8.17. The first-order valence-corrected chi connectivity index (χ1v) is 14.2. The molecule has 0 fully saturated rings. The molecule has 0 aliphatic heterocycles. The number of hydrogen-bond donors (Lipinski definition) is 0. The van der Waals surface area contributed by atoms with E-state index < -0.39 is 0 Å². The summed E-state index contributed by atoms with van der Waals surface area (Å²) in [6.45, 7) is 2.28. The van der Waals surface area contributed by atoms with Gasteiger partial charge in [0, 0.05) is 16.5 Å². The Morgan fingerprint density at radius 3 is 1.50 bits per heavy atom. The van der Waals surface area contributed by atoms with Crippen molar-refractivity contribution in [1.82, 2.24) is 4.57 Å². The maximum atomic E-state index is 2.42. The molecule has 6 aromatic carbocycles. The molecule has 0 saturated carbocycles. The lowest BCUT2D eigenvalue weighted by Crippen LogP contribution is -1.98. The predicted molar refractivity (Wildman–Crippen MR) is 172 cm³/mol. The van der Waals surface area contributed by atoms with Crippen LogP contribution in [0.25, 0.3) is 65.7 Å². The molecule has 40 heavy (non-hydrogen) atoms. The average Bonchev–Trinajstić information content (AvgIpc) is 3.35. The fourth-order valence-electron chi connectivity index (χ4n) is 6.64. The number of rotatable bonds is 3. The highest BCUT2D eigenvalue weighted by Crippen LogP contribution is 2.43. The zero-order chi connectivity index (χ0) is 26.6. The van der Waals surface area contributed by atoms with Crippen molar-refractivity contribution in [2.75, 3.05) is 0 Å². The van der Waals surface area contributed by atoms with Crippen LogP contribution in [0.4, 0.5) is 0 Å². The normalized spacial score (nSPS) is 15.3. The van der Waals surface area contributed by atoms with E-state index in [1.807, 2.05) is 0 Å². The van der Waals surface area contributed by atoms with Crippen molar-refractivity contribution in [3.63, 3.8) is 0 Å². The van der Waals surface area contributed by atoms with E-state index in [-0.39, 0.29) is 0 Å².